The van der Waals surface area contributed by atoms with E-state index in [-0.39, 0.29) is 0 Å². The zero-order chi connectivity index (χ0) is 13.5. The molecule has 1 aliphatic carbocycles. The number of halogens is 1. The van der Waals surface area contributed by atoms with Gasteiger partial charge in [-0.2, -0.15) is 0 Å². The highest BCUT2D eigenvalue weighted by Crippen LogP contribution is 2.50. The van der Waals surface area contributed by atoms with Crippen LogP contribution in [0.25, 0.3) is 11.3 Å². The average Bonchev–Trinajstić information content (AvgIpc) is 3.07. The van der Waals surface area contributed by atoms with E-state index in [0.29, 0.717) is 5.02 Å². The summed E-state index contributed by atoms with van der Waals surface area (Å²) < 4.78 is 5.11. The van der Waals surface area contributed by atoms with Crippen LogP contribution < -0.4 is 0 Å². The molecule has 0 unspecified atom stereocenters. The smallest absolute Gasteiger partial charge is 0.130 e. The molecular weight excluding hydrogens is 282 g/mol. The van der Waals surface area contributed by atoms with Crippen molar-refractivity contribution in [3.8, 4) is 11.3 Å². The summed E-state index contributed by atoms with van der Waals surface area (Å²) in [6.45, 7) is 0. The summed E-state index contributed by atoms with van der Waals surface area (Å²) in [5, 5.41) is 4.77. The second-order valence-electron chi connectivity index (χ2n) is 4.67. The molecule has 3 rings (SSSR count). The number of carbonyl (C=O) groups is 1. The zero-order valence-corrected chi connectivity index (χ0v) is 11.9. The molecule has 0 N–H and O–H groups in total. The Balaban J connectivity index is 2.16. The summed E-state index contributed by atoms with van der Waals surface area (Å²) in [5.41, 5.74) is 2.14. The topological polar surface area (TPSA) is 43.1 Å². The number of thioether (sulfide) groups is 1. The minimum Gasteiger partial charge on any atom is -0.364 e. The molecule has 0 atom stereocenters. The number of aromatic nitrogens is 1. The summed E-state index contributed by atoms with van der Waals surface area (Å²) in [7, 11) is 0. The highest BCUT2D eigenvalue weighted by molar-refractivity contribution is 7.98. The number of rotatable bonds is 4. The van der Waals surface area contributed by atoms with Crippen molar-refractivity contribution in [2.75, 3.05) is 6.26 Å². The summed E-state index contributed by atoms with van der Waals surface area (Å²) in [5.74, 6) is 0. The minimum atomic E-state index is -0.396. The van der Waals surface area contributed by atoms with Crippen LogP contribution in [0.5, 0.6) is 0 Å². The van der Waals surface area contributed by atoms with Gasteiger partial charge >= 0.3 is 0 Å². The van der Waals surface area contributed by atoms with Crippen LogP contribution in [0.4, 0.5) is 0 Å². The standard InChI is InChI=1S/C14H12ClNO2S/c1-19-13-9(3-2-4-11(13)15)12-10(7-18-16-12)14(8-17)5-6-14/h2-4,7-8H,5-6H2,1H3. The van der Waals surface area contributed by atoms with Gasteiger partial charge in [0.25, 0.3) is 0 Å². The monoisotopic (exact) mass is 293 g/mol. The van der Waals surface area contributed by atoms with Crippen molar-refractivity contribution in [2.24, 2.45) is 0 Å². The lowest BCUT2D eigenvalue weighted by atomic mass is 9.95. The lowest BCUT2D eigenvalue weighted by Crippen LogP contribution is -2.08. The van der Waals surface area contributed by atoms with Gasteiger partial charge in [0.2, 0.25) is 0 Å². The Hall–Kier alpha value is -1.26. The van der Waals surface area contributed by atoms with Gasteiger partial charge in [-0.05, 0) is 25.2 Å². The van der Waals surface area contributed by atoms with Crippen LogP contribution in [-0.2, 0) is 10.2 Å². The fourth-order valence-corrected chi connectivity index (χ4v) is 3.33. The second-order valence-corrected chi connectivity index (χ2v) is 5.90. The molecule has 1 saturated carbocycles. The number of nitrogens with zero attached hydrogens (tertiary/aromatic N) is 1. The van der Waals surface area contributed by atoms with Gasteiger partial charge in [-0.3, -0.25) is 0 Å². The molecule has 0 radical (unpaired) electrons. The van der Waals surface area contributed by atoms with Gasteiger partial charge in [0.1, 0.15) is 18.2 Å². The highest BCUT2D eigenvalue weighted by Gasteiger charge is 2.47. The van der Waals surface area contributed by atoms with E-state index in [4.69, 9.17) is 16.1 Å². The summed E-state index contributed by atoms with van der Waals surface area (Å²) in [6.07, 6.45) is 6.28. The minimum absolute atomic E-state index is 0.396. The van der Waals surface area contributed by atoms with E-state index in [1.165, 1.54) is 0 Å². The molecule has 1 heterocycles. The van der Waals surface area contributed by atoms with Crippen molar-refractivity contribution in [1.82, 2.24) is 5.16 Å². The van der Waals surface area contributed by atoms with Gasteiger partial charge in [-0.15, -0.1) is 11.8 Å². The molecule has 3 nitrogen and oxygen atoms in total. The largest absolute Gasteiger partial charge is 0.364 e. The predicted molar refractivity (Wildman–Crippen MR) is 75.7 cm³/mol. The highest BCUT2D eigenvalue weighted by atomic mass is 35.5. The second kappa shape index (κ2) is 4.69. The molecule has 1 aliphatic rings. The van der Waals surface area contributed by atoms with E-state index in [2.05, 4.69) is 5.16 Å². The maximum absolute atomic E-state index is 11.3. The predicted octanol–water partition coefficient (Wildman–Crippen LogP) is 3.95. The van der Waals surface area contributed by atoms with Crippen LogP contribution in [0.2, 0.25) is 5.02 Å². The van der Waals surface area contributed by atoms with E-state index >= 15 is 0 Å². The molecule has 5 heteroatoms. The first-order chi connectivity index (χ1) is 9.22. The molecule has 19 heavy (non-hydrogen) atoms. The molecule has 2 aromatic rings. The van der Waals surface area contributed by atoms with Crippen molar-refractivity contribution >= 4 is 29.6 Å². The van der Waals surface area contributed by atoms with Crippen molar-refractivity contribution in [3.63, 3.8) is 0 Å². The Morgan fingerprint density at radius 1 is 1.47 bits per heavy atom. The SMILES string of the molecule is CSc1c(Cl)cccc1-c1nocc1C1(C=O)CC1. The first-order valence-corrected chi connectivity index (χ1v) is 7.56. The van der Waals surface area contributed by atoms with Crippen LogP contribution in [0.3, 0.4) is 0 Å². The van der Waals surface area contributed by atoms with Crippen molar-refractivity contribution in [3.05, 3.63) is 35.0 Å². The fourth-order valence-electron chi connectivity index (χ4n) is 2.27. The molecule has 0 spiro atoms. The molecule has 98 valence electrons. The zero-order valence-electron chi connectivity index (χ0n) is 10.4. The van der Waals surface area contributed by atoms with E-state index < -0.39 is 5.41 Å². The van der Waals surface area contributed by atoms with Crippen molar-refractivity contribution in [1.29, 1.82) is 0 Å². The lowest BCUT2D eigenvalue weighted by molar-refractivity contribution is -0.109. The van der Waals surface area contributed by atoms with Crippen LogP contribution in [0, 0.1) is 0 Å². The lowest BCUT2D eigenvalue weighted by Gasteiger charge is -2.10. The summed E-state index contributed by atoms with van der Waals surface area (Å²) in [4.78, 5) is 12.3. The third kappa shape index (κ3) is 1.99. The van der Waals surface area contributed by atoms with Gasteiger partial charge < -0.3 is 9.32 Å². The number of hydrogen-bond donors (Lipinski definition) is 0. The maximum atomic E-state index is 11.3. The molecule has 0 aliphatic heterocycles. The van der Waals surface area contributed by atoms with E-state index in [9.17, 15) is 4.79 Å². The fraction of sp³-hybridized carbons (Fsp3) is 0.286. The molecule has 0 amide bonds. The van der Waals surface area contributed by atoms with Gasteiger partial charge in [0.05, 0.1) is 10.4 Å². The summed E-state index contributed by atoms with van der Waals surface area (Å²) >= 11 is 7.78. The van der Waals surface area contributed by atoms with Crippen LogP contribution in [-0.4, -0.2) is 17.7 Å². The normalized spacial score (nSPS) is 16.3. The Morgan fingerprint density at radius 2 is 2.26 bits per heavy atom. The van der Waals surface area contributed by atoms with E-state index in [1.54, 1.807) is 18.0 Å². The van der Waals surface area contributed by atoms with Gasteiger partial charge in [-0.1, -0.05) is 28.9 Å². The molecule has 0 saturated heterocycles. The number of hydrogen-bond acceptors (Lipinski definition) is 4. The van der Waals surface area contributed by atoms with E-state index in [1.807, 2.05) is 24.5 Å². The van der Waals surface area contributed by atoms with Crippen molar-refractivity contribution in [2.45, 2.75) is 23.2 Å². The molecule has 1 aromatic heterocycles. The van der Waals surface area contributed by atoms with Gasteiger partial charge in [0.15, 0.2) is 0 Å². The Morgan fingerprint density at radius 3 is 2.89 bits per heavy atom. The average molecular weight is 294 g/mol. The first kappa shape index (κ1) is 12.8. The van der Waals surface area contributed by atoms with Crippen LogP contribution in [0.15, 0.2) is 33.9 Å². The molecule has 1 fully saturated rings. The molecule has 1 aromatic carbocycles. The van der Waals surface area contributed by atoms with Crippen LogP contribution >= 0.6 is 23.4 Å². The molecule has 0 bridgehead atoms. The number of carbonyl (C=O) groups excluding carboxylic acids is 1. The Kier molecular flexibility index (Phi) is 3.15. The maximum Gasteiger partial charge on any atom is 0.130 e. The van der Waals surface area contributed by atoms with Gasteiger partial charge in [0, 0.05) is 16.0 Å². The Labute approximate surface area is 120 Å². The number of benzene rings is 1. The van der Waals surface area contributed by atoms with Crippen LogP contribution in [0.1, 0.15) is 18.4 Å². The quantitative estimate of drug-likeness (QED) is 0.632. The summed E-state index contributed by atoms with van der Waals surface area (Å²) in [6, 6.07) is 5.69. The number of aldehydes is 1. The third-order valence-corrected chi connectivity index (χ3v) is 4.82. The van der Waals surface area contributed by atoms with Gasteiger partial charge in [-0.25, -0.2) is 0 Å². The first-order valence-electron chi connectivity index (χ1n) is 5.96. The third-order valence-electron chi connectivity index (χ3n) is 3.55. The van der Waals surface area contributed by atoms with E-state index in [0.717, 1.165) is 40.8 Å². The van der Waals surface area contributed by atoms with Crippen molar-refractivity contribution < 1.29 is 9.32 Å². The Bertz CT molecular complexity index is 634. The molecular formula is C14H12ClNO2S.